The van der Waals surface area contributed by atoms with E-state index >= 15 is 0 Å². The van der Waals surface area contributed by atoms with E-state index < -0.39 is 0 Å². The quantitative estimate of drug-likeness (QED) is 0.741. The minimum absolute atomic E-state index is 0.228. The molecule has 1 heterocycles. The van der Waals surface area contributed by atoms with Gasteiger partial charge in [-0.1, -0.05) is 0 Å². The van der Waals surface area contributed by atoms with Crippen molar-refractivity contribution < 1.29 is 9.53 Å². The van der Waals surface area contributed by atoms with Crippen LogP contribution in [0.4, 0.5) is 0 Å². The summed E-state index contributed by atoms with van der Waals surface area (Å²) in [5.74, 6) is 0.811. The topological polar surface area (TPSA) is 50.4 Å². The molecule has 2 N–H and O–H groups in total. The molecule has 1 aliphatic heterocycles. The minimum Gasteiger partial charge on any atom is -0.381 e. The highest BCUT2D eigenvalue weighted by Gasteiger charge is 2.30. The Morgan fingerprint density at radius 1 is 1.38 bits per heavy atom. The van der Waals surface area contributed by atoms with Crippen molar-refractivity contribution in [2.45, 2.75) is 44.2 Å². The summed E-state index contributed by atoms with van der Waals surface area (Å²) in [5, 5.41) is 6.40. The van der Waals surface area contributed by atoms with Gasteiger partial charge in [0.1, 0.15) is 0 Å². The van der Waals surface area contributed by atoms with Crippen LogP contribution in [0.2, 0.25) is 0 Å². The molecule has 16 heavy (non-hydrogen) atoms. The van der Waals surface area contributed by atoms with E-state index in [4.69, 9.17) is 4.74 Å². The molecule has 2 aliphatic rings. The predicted molar refractivity (Wildman–Crippen MR) is 62.2 cm³/mol. The largest absolute Gasteiger partial charge is 0.381 e. The number of piperidine rings is 1. The fraction of sp³-hybridized carbons (Fsp3) is 0.917. The van der Waals surface area contributed by atoms with E-state index in [9.17, 15) is 4.79 Å². The van der Waals surface area contributed by atoms with Crippen molar-refractivity contribution in [3.8, 4) is 0 Å². The average Bonchev–Trinajstić information content (AvgIpc) is 2.24. The first-order chi connectivity index (χ1) is 7.78. The minimum atomic E-state index is 0.228. The average molecular weight is 226 g/mol. The zero-order valence-corrected chi connectivity index (χ0v) is 10.00. The van der Waals surface area contributed by atoms with Gasteiger partial charge in [0.15, 0.2) is 0 Å². The van der Waals surface area contributed by atoms with E-state index in [1.54, 1.807) is 7.11 Å². The molecule has 0 aromatic heterocycles. The molecule has 4 heteroatoms. The van der Waals surface area contributed by atoms with Gasteiger partial charge in [0, 0.05) is 19.6 Å². The summed E-state index contributed by atoms with van der Waals surface area (Å²) in [7, 11) is 1.73. The van der Waals surface area contributed by atoms with Crippen LogP contribution in [0.3, 0.4) is 0 Å². The van der Waals surface area contributed by atoms with E-state index in [0.29, 0.717) is 24.5 Å². The molecule has 0 atom stereocenters. The first kappa shape index (κ1) is 11.9. The van der Waals surface area contributed by atoms with Crippen molar-refractivity contribution in [3.05, 3.63) is 0 Å². The molecule has 1 saturated heterocycles. The van der Waals surface area contributed by atoms with E-state index in [1.165, 1.54) is 0 Å². The normalized spacial score (nSPS) is 30.8. The monoisotopic (exact) mass is 226 g/mol. The molecule has 1 amide bonds. The third-order valence-electron chi connectivity index (χ3n) is 3.73. The van der Waals surface area contributed by atoms with Gasteiger partial charge >= 0.3 is 0 Å². The Labute approximate surface area is 97.1 Å². The number of methoxy groups -OCH3 is 1. The Balaban J connectivity index is 1.61. The summed E-state index contributed by atoms with van der Waals surface area (Å²) < 4.78 is 5.19. The summed E-state index contributed by atoms with van der Waals surface area (Å²) in [4.78, 5) is 11.7. The van der Waals surface area contributed by atoms with Crippen molar-refractivity contribution in [2.75, 3.05) is 20.2 Å². The van der Waals surface area contributed by atoms with Gasteiger partial charge in [0.2, 0.25) is 5.91 Å². The van der Waals surface area contributed by atoms with Crippen LogP contribution in [-0.2, 0) is 9.53 Å². The summed E-state index contributed by atoms with van der Waals surface area (Å²) in [6.45, 7) is 2.13. The Morgan fingerprint density at radius 3 is 2.69 bits per heavy atom. The fourth-order valence-electron chi connectivity index (χ4n) is 2.51. The predicted octanol–water partition coefficient (Wildman–Crippen LogP) is 0.670. The van der Waals surface area contributed by atoms with Gasteiger partial charge in [-0.15, -0.1) is 0 Å². The Bertz CT molecular complexity index is 233. The zero-order valence-electron chi connectivity index (χ0n) is 10.00. The Morgan fingerprint density at radius 2 is 2.06 bits per heavy atom. The molecule has 0 aromatic carbocycles. The second-order valence-electron chi connectivity index (χ2n) is 4.99. The lowest BCUT2D eigenvalue weighted by atomic mass is 9.88. The third-order valence-corrected chi connectivity index (χ3v) is 3.73. The number of carbonyl (C=O) groups excluding carboxylic acids is 1. The summed E-state index contributed by atoms with van der Waals surface area (Å²) in [6, 6.07) is 0.360. The van der Waals surface area contributed by atoms with Crippen molar-refractivity contribution in [1.29, 1.82) is 0 Å². The second kappa shape index (κ2) is 5.64. The maximum atomic E-state index is 11.7. The highest BCUT2D eigenvalue weighted by atomic mass is 16.5. The zero-order chi connectivity index (χ0) is 11.4. The SMILES string of the molecule is COC1CC(NC(=O)CC2CCNCC2)C1. The van der Waals surface area contributed by atoms with Crippen molar-refractivity contribution >= 4 is 5.91 Å². The van der Waals surface area contributed by atoms with Crippen LogP contribution in [0.25, 0.3) is 0 Å². The first-order valence-corrected chi connectivity index (χ1v) is 6.31. The fourth-order valence-corrected chi connectivity index (χ4v) is 2.51. The van der Waals surface area contributed by atoms with Crippen LogP contribution in [0.5, 0.6) is 0 Å². The number of amides is 1. The number of hydrogen-bond donors (Lipinski definition) is 2. The number of hydrogen-bond acceptors (Lipinski definition) is 3. The first-order valence-electron chi connectivity index (χ1n) is 6.31. The van der Waals surface area contributed by atoms with Gasteiger partial charge in [-0.05, 0) is 44.7 Å². The molecule has 2 rings (SSSR count). The number of nitrogens with one attached hydrogen (secondary N) is 2. The van der Waals surface area contributed by atoms with Gasteiger partial charge in [-0.3, -0.25) is 4.79 Å². The van der Waals surface area contributed by atoms with Gasteiger partial charge in [-0.25, -0.2) is 0 Å². The van der Waals surface area contributed by atoms with Gasteiger partial charge in [-0.2, -0.15) is 0 Å². The standard InChI is InChI=1S/C12H22N2O2/c1-16-11-7-10(8-11)14-12(15)6-9-2-4-13-5-3-9/h9-11,13H,2-8H2,1H3,(H,14,15). The molecular formula is C12H22N2O2. The van der Waals surface area contributed by atoms with Crippen molar-refractivity contribution in [1.82, 2.24) is 10.6 Å². The molecule has 0 aromatic rings. The Hall–Kier alpha value is -0.610. The lowest BCUT2D eigenvalue weighted by Crippen LogP contribution is -2.48. The molecule has 1 saturated carbocycles. The number of ether oxygens (including phenoxy) is 1. The van der Waals surface area contributed by atoms with Crippen LogP contribution in [0.15, 0.2) is 0 Å². The smallest absolute Gasteiger partial charge is 0.220 e. The van der Waals surface area contributed by atoms with Gasteiger partial charge in [0.25, 0.3) is 0 Å². The second-order valence-corrected chi connectivity index (χ2v) is 4.99. The van der Waals surface area contributed by atoms with E-state index in [2.05, 4.69) is 10.6 Å². The maximum absolute atomic E-state index is 11.7. The van der Waals surface area contributed by atoms with Gasteiger partial charge in [0.05, 0.1) is 6.10 Å². The lowest BCUT2D eigenvalue weighted by Gasteiger charge is -2.35. The molecule has 0 unspecified atom stereocenters. The molecule has 0 radical (unpaired) electrons. The molecule has 0 spiro atoms. The molecule has 92 valence electrons. The highest BCUT2D eigenvalue weighted by Crippen LogP contribution is 2.23. The molecular weight excluding hydrogens is 204 g/mol. The summed E-state index contributed by atoms with van der Waals surface area (Å²) >= 11 is 0. The molecule has 0 bridgehead atoms. The number of rotatable bonds is 4. The maximum Gasteiger partial charge on any atom is 0.220 e. The van der Waals surface area contributed by atoms with Crippen LogP contribution in [0.1, 0.15) is 32.1 Å². The number of carbonyl (C=O) groups is 1. The van der Waals surface area contributed by atoms with Crippen molar-refractivity contribution in [3.63, 3.8) is 0 Å². The van der Waals surface area contributed by atoms with Gasteiger partial charge < -0.3 is 15.4 Å². The molecule has 1 aliphatic carbocycles. The summed E-state index contributed by atoms with van der Waals surface area (Å²) in [6.07, 6.45) is 5.31. The van der Waals surface area contributed by atoms with Crippen LogP contribution in [-0.4, -0.2) is 38.3 Å². The van der Waals surface area contributed by atoms with E-state index in [0.717, 1.165) is 38.8 Å². The Kier molecular flexibility index (Phi) is 4.18. The van der Waals surface area contributed by atoms with Crippen LogP contribution >= 0.6 is 0 Å². The van der Waals surface area contributed by atoms with E-state index in [1.807, 2.05) is 0 Å². The van der Waals surface area contributed by atoms with Crippen LogP contribution in [0, 0.1) is 5.92 Å². The molecule has 2 fully saturated rings. The third kappa shape index (κ3) is 3.19. The summed E-state index contributed by atoms with van der Waals surface area (Å²) in [5.41, 5.74) is 0. The highest BCUT2D eigenvalue weighted by molar-refractivity contribution is 5.76. The van der Waals surface area contributed by atoms with Crippen LogP contribution < -0.4 is 10.6 Å². The lowest BCUT2D eigenvalue weighted by molar-refractivity contribution is -0.124. The van der Waals surface area contributed by atoms with E-state index in [-0.39, 0.29) is 5.91 Å². The van der Waals surface area contributed by atoms with Crippen molar-refractivity contribution in [2.24, 2.45) is 5.92 Å². The molecule has 4 nitrogen and oxygen atoms in total.